The highest BCUT2D eigenvalue weighted by atomic mass is 16.5. The Morgan fingerprint density at radius 1 is 0.935 bits per heavy atom. The molecule has 0 aliphatic carbocycles. The molecule has 0 atom stereocenters. The van der Waals surface area contributed by atoms with Gasteiger partial charge in [0.1, 0.15) is 17.3 Å². The first-order valence-electron chi connectivity index (χ1n) is 10.2. The molecule has 1 amide bonds. The van der Waals surface area contributed by atoms with Crippen molar-refractivity contribution in [2.75, 3.05) is 14.2 Å². The van der Waals surface area contributed by atoms with Crippen molar-refractivity contribution in [2.45, 2.75) is 19.5 Å². The number of para-hydroxylation sites is 2. The van der Waals surface area contributed by atoms with Crippen LogP contribution in [0.15, 0.2) is 72.8 Å². The van der Waals surface area contributed by atoms with Gasteiger partial charge in [-0.25, -0.2) is 4.98 Å². The summed E-state index contributed by atoms with van der Waals surface area (Å²) in [6.45, 7) is 1.10. The highest BCUT2D eigenvalue weighted by molar-refractivity contribution is 5.95. The summed E-state index contributed by atoms with van der Waals surface area (Å²) in [7, 11) is 3.12. The van der Waals surface area contributed by atoms with Crippen LogP contribution in [-0.2, 0) is 19.5 Å². The number of benzene rings is 3. The number of hydrogen-bond acceptors (Lipinski definition) is 4. The zero-order valence-corrected chi connectivity index (χ0v) is 17.7. The van der Waals surface area contributed by atoms with E-state index < -0.39 is 0 Å². The fourth-order valence-electron chi connectivity index (χ4n) is 3.60. The lowest BCUT2D eigenvalue weighted by Crippen LogP contribution is -2.25. The minimum Gasteiger partial charge on any atom is -0.497 e. The molecule has 6 nitrogen and oxygen atoms in total. The molecule has 0 bridgehead atoms. The van der Waals surface area contributed by atoms with Crippen molar-refractivity contribution >= 4 is 16.9 Å². The van der Waals surface area contributed by atoms with E-state index in [1.165, 1.54) is 5.56 Å². The lowest BCUT2D eigenvalue weighted by molar-refractivity contribution is 0.0948. The number of carbonyl (C=O) groups excluding carboxylic acids is 1. The summed E-state index contributed by atoms with van der Waals surface area (Å²) in [5.41, 5.74) is 3.72. The number of fused-ring (bicyclic) bond motifs is 1. The van der Waals surface area contributed by atoms with E-state index in [0.29, 0.717) is 23.6 Å². The number of amides is 1. The van der Waals surface area contributed by atoms with Gasteiger partial charge in [0, 0.05) is 18.2 Å². The summed E-state index contributed by atoms with van der Waals surface area (Å²) < 4.78 is 12.7. The molecule has 0 radical (unpaired) electrons. The van der Waals surface area contributed by atoms with Crippen molar-refractivity contribution in [3.05, 3.63) is 89.7 Å². The zero-order chi connectivity index (χ0) is 21.6. The molecule has 3 aromatic carbocycles. The average Bonchev–Trinajstić information content (AvgIpc) is 3.18. The Bertz CT molecular complexity index is 1160. The van der Waals surface area contributed by atoms with Gasteiger partial charge >= 0.3 is 0 Å². The molecule has 31 heavy (non-hydrogen) atoms. The lowest BCUT2D eigenvalue weighted by Gasteiger charge is -2.12. The van der Waals surface area contributed by atoms with Gasteiger partial charge in [0.15, 0.2) is 0 Å². The number of ether oxygens (including phenoxy) is 2. The number of nitrogens with one attached hydrogen (secondary N) is 1. The number of methoxy groups -OCH3 is 2. The van der Waals surface area contributed by atoms with Crippen LogP contribution in [0.25, 0.3) is 11.0 Å². The van der Waals surface area contributed by atoms with Crippen molar-refractivity contribution in [1.82, 2.24) is 14.9 Å². The fraction of sp³-hybridized carbons (Fsp3) is 0.200. The minimum absolute atomic E-state index is 0.209. The molecule has 1 aromatic heterocycles. The van der Waals surface area contributed by atoms with Gasteiger partial charge < -0.3 is 19.4 Å². The van der Waals surface area contributed by atoms with Crippen molar-refractivity contribution in [1.29, 1.82) is 0 Å². The molecule has 6 heteroatoms. The van der Waals surface area contributed by atoms with Crippen LogP contribution >= 0.6 is 0 Å². The van der Waals surface area contributed by atoms with Gasteiger partial charge in [-0.15, -0.1) is 0 Å². The van der Waals surface area contributed by atoms with E-state index in [1.807, 2.05) is 36.4 Å². The first-order valence-corrected chi connectivity index (χ1v) is 10.2. The number of nitrogens with zero attached hydrogens (tertiary/aromatic N) is 2. The highest BCUT2D eigenvalue weighted by Crippen LogP contribution is 2.23. The number of hydrogen-bond donors (Lipinski definition) is 1. The molecule has 4 aromatic rings. The Labute approximate surface area is 181 Å². The maximum atomic E-state index is 12.8. The maximum Gasteiger partial charge on any atom is 0.251 e. The van der Waals surface area contributed by atoms with Crippen LogP contribution in [0.1, 0.15) is 21.7 Å². The van der Waals surface area contributed by atoms with Crippen molar-refractivity contribution in [3.63, 3.8) is 0 Å². The summed E-state index contributed by atoms with van der Waals surface area (Å²) in [5.74, 6) is 1.75. The van der Waals surface area contributed by atoms with Crippen molar-refractivity contribution in [2.24, 2.45) is 0 Å². The topological polar surface area (TPSA) is 65.4 Å². The largest absolute Gasteiger partial charge is 0.497 e. The van der Waals surface area contributed by atoms with Gasteiger partial charge in [-0.2, -0.15) is 0 Å². The minimum atomic E-state index is -0.209. The third-order valence-electron chi connectivity index (χ3n) is 5.22. The Kier molecular flexibility index (Phi) is 6.17. The zero-order valence-electron chi connectivity index (χ0n) is 17.7. The first-order chi connectivity index (χ1) is 15.2. The van der Waals surface area contributed by atoms with E-state index in [-0.39, 0.29) is 5.91 Å². The van der Waals surface area contributed by atoms with Crippen LogP contribution in [0, 0.1) is 0 Å². The number of rotatable bonds is 8. The molecule has 0 saturated carbocycles. The van der Waals surface area contributed by atoms with Crippen LogP contribution in [0.2, 0.25) is 0 Å². The molecular weight excluding hydrogens is 390 g/mol. The van der Waals surface area contributed by atoms with Gasteiger partial charge in [0.25, 0.3) is 5.91 Å². The third-order valence-corrected chi connectivity index (χ3v) is 5.22. The van der Waals surface area contributed by atoms with Gasteiger partial charge in [0.05, 0.1) is 31.8 Å². The smallest absolute Gasteiger partial charge is 0.251 e. The van der Waals surface area contributed by atoms with Gasteiger partial charge in [-0.1, -0.05) is 42.5 Å². The predicted molar refractivity (Wildman–Crippen MR) is 121 cm³/mol. The quantitative estimate of drug-likeness (QED) is 0.468. The second kappa shape index (κ2) is 9.34. The summed E-state index contributed by atoms with van der Waals surface area (Å²) in [6.07, 6.45) is 0.884. The second-order valence-corrected chi connectivity index (χ2v) is 7.19. The average molecular weight is 415 g/mol. The summed E-state index contributed by atoms with van der Waals surface area (Å²) in [4.78, 5) is 17.6. The van der Waals surface area contributed by atoms with Crippen LogP contribution in [0.3, 0.4) is 0 Å². The molecule has 158 valence electrons. The summed E-state index contributed by atoms with van der Waals surface area (Å²) in [5, 5.41) is 2.98. The molecule has 0 aliphatic heterocycles. The normalized spacial score (nSPS) is 10.8. The lowest BCUT2D eigenvalue weighted by atomic mass is 10.1. The highest BCUT2D eigenvalue weighted by Gasteiger charge is 2.14. The number of aromatic nitrogens is 2. The Balaban J connectivity index is 1.55. The molecule has 0 spiro atoms. The van der Waals surface area contributed by atoms with Crippen LogP contribution in [0.4, 0.5) is 0 Å². The molecule has 1 heterocycles. The first kappa shape index (κ1) is 20.5. The number of carbonyl (C=O) groups is 1. The molecular formula is C25H25N3O3. The Hall–Kier alpha value is -3.80. The molecule has 1 N–H and O–H groups in total. The molecule has 0 saturated heterocycles. The molecule has 0 aliphatic rings. The van der Waals surface area contributed by atoms with Crippen LogP contribution in [-0.4, -0.2) is 29.7 Å². The van der Waals surface area contributed by atoms with Gasteiger partial charge in [0.2, 0.25) is 0 Å². The SMILES string of the molecule is COc1cc(OC)cc(C(=O)NCc2nc3ccccc3n2CCc2ccccc2)c1. The van der Waals surface area contributed by atoms with Gasteiger partial charge in [-0.05, 0) is 36.2 Å². The van der Waals surface area contributed by atoms with E-state index >= 15 is 0 Å². The van der Waals surface area contributed by atoms with Gasteiger partial charge in [-0.3, -0.25) is 4.79 Å². The van der Waals surface area contributed by atoms with E-state index in [2.05, 4.69) is 28.1 Å². The van der Waals surface area contributed by atoms with Crippen LogP contribution < -0.4 is 14.8 Å². The van der Waals surface area contributed by atoms with Crippen molar-refractivity contribution in [3.8, 4) is 11.5 Å². The summed E-state index contributed by atoms with van der Waals surface area (Å²) in [6, 6.07) is 23.5. The van der Waals surface area contributed by atoms with E-state index in [0.717, 1.165) is 29.8 Å². The van der Waals surface area contributed by atoms with Crippen LogP contribution in [0.5, 0.6) is 11.5 Å². The third kappa shape index (κ3) is 4.69. The number of imidazole rings is 1. The number of aryl methyl sites for hydroxylation is 2. The monoisotopic (exact) mass is 415 g/mol. The predicted octanol–water partition coefficient (Wildman–Crippen LogP) is 4.23. The maximum absolute atomic E-state index is 12.8. The molecule has 0 fully saturated rings. The fourth-order valence-corrected chi connectivity index (χ4v) is 3.60. The standard InChI is InChI=1S/C25H25N3O3/c1-30-20-14-19(15-21(16-20)31-2)25(29)26-17-24-27-22-10-6-7-11-23(22)28(24)13-12-18-8-4-3-5-9-18/h3-11,14-16H,12-13,17H2,1-2H3,(H,26,29). The van der Waals surface area contributed by atoms with E-state index in [1.54, 1.807) is 32.4 Å². The molecule has 4 rings (SSSR count). The molecule has 0 unspecified atom stereocenters. The second-order valence-electron chi connectivity index (χ2n) is 7.19. The van der Waals surface area contributed by atoms with E-state index in [4.69, 9.17) is 14.5 Å². The Morgan fingerprint density at radius 2 is 1.61 bits per heavy atom. The van der Waals surface area contributed by atoms with E-state index in [9.17, 15) is 4.79 Å². The Morgan fingerprint density at radius 3 is 2.32 bits per heavy atom. The summed E-state index contributed by atoms with van der Waals surface area (Å²) >= 11 is 0. The van der Waals surface area contributed by atoms with Crippen molar-refractivity contribution < 1.29 is 14.3 Å².